The molecule has 25 heavy (non-hydrogen) atoms. The van der Waals surface area contributed by atoms with Crippen molar-refractivity contribution in [3.05, 3.63) is 42.4 Å². The Morgan fingerprint density at radius 1 is 1.28 bits per heavy atom. The fraction of sp³-hybridized carbons (Fsp3) is 0.471. The van der Waals surface area contributed by atoms with Crippen LogP contribution in [0.2, 0.25) is 0 Å². The molecule has 2 atom stereocenters. The lowest BCUT2D eigenvalue weighted by Gasteiger charge is -2.29. The molecule has 134 valence electrons. The molecular formula is C17H19F3N4O. The smallest absolute Gasteiger partial charge is 0.309 e. The largest absolute Gasteiger partial charge is 0.391 e. The van der Waals surface area contributed by atoms with E-state index in [9.17, 15) is 18.0 Å². The molecular weight excluding hydrogens is 333 g/mol. The van der Waals surface area contributed by atoms with Crippen molar-refractivity contribution in [1.29, 1.82) is 0 Å². The van der Waals surface area contributed by atoms with Gasteiger partial charge < -0.3 is 5.32 Å². The lowest BCUT2D eigenvalue weighted by atomic mass is 9.80. The topological polar surface area (TPSA) is 59.8 Å². The molecule has 0 aromatic carbocycles. The summed E-state index contributed by atoms with van der Waals surface area (Å²) < 4.78 is 40.2. The predicted octanol–water partition coefficient (Wildman–Crippen LogP) is 3.63. The summed E-state index contributed by atoms with van der Waals surface area (Å²) in [7, 11) is 0. The van der Waals surface area contributed by atoms with Gasteiger partial charge in [0.1, 0.15) is 0 Å². The first kappa shape index (κ1) is 17.4. The Bertz CT molecular complexity index is 714. The monoisotopic (exact) mass is 352 g/mol. The van der Waals surface area contributed by atoms with Crippen LogP contribution in [0, 0.1) is 11.8 Å². The van der Waals surface area contributed by atoms with Gasteiger partial charge in [-0.1, -0.05) is 12.5 Å². The van der Waals surface area contributed by atoms with Gasteiger partial charge >= 0.3 is 6.18 Å². The first-order chi connectivity index (χ1) is 11.9. The first-order valence-electron chi connectivity index (χ1n) is 8.23. The van der Waals surface area contributed by atoms with Gasteiger partial charge in [0, 0.05) is 24.4 Å². The highest BCUT2D eigenvalue weighted by atomic mass is 19.4. The second kappa shape index (κ2) is 7.25. The molecule has 1 aliphatic rings. The molecule has 8 heteroatoms. The highest BCUT2D eigenvalue weighted by Crippen LogP contribution is 2.40. The summed E-state index contributed by atoms with van der Waals surface area (Å²) >= 11 is 0. The van der Waals surface area contributed by atoms with Gasteiger partial charge in [-0.05, 0) is 31.4 Å². The molecule has 1 aliphatic carbocycles. The van der Waals surface area contributed by atoms with Crippen LogP contribution in [-0.2, 0) is 11.3 Å². The van der Waals surface area contributed by atoms with Crippen LogP contribution in [0.1, 0.15) is 31.4 Å². The minimum atomic E-state index is -4.23. The van der Waals surface area contributed by atoms with Crippen LogP contribution < -0.4 is 5.32 Å². The van der Waals surface area contributed by atoms with Gasteiger partial charge in [0.2, 0.25) is 5.91 Å². The third-order valence-corrected chi connectivity index (χ3v) is 4.45. The number of hydrogen-bond donors (Lipinski definition) is 1. The molecule has 2 aromatic heterocycles. The zero-order valence-corrected chi connectivity index (χ0v) is 13.5. The number of pyridine rings is 1. The van der Waals surface area contributed by atoms with Crippen molar-refractivity contribution in [1.82, 2.24) is 14.8 Å². The fourth-order valence-electron chi connectivity index (χ4n) is 3.13. The number of carbonyl (C=O) groups excluding carboxylic acids is 1. The Hall–Kier alpha value is -2.38. The van der Waals surface area contributed by atoms with Crippen molar-refractivity contribution < 1.29 is 18.0 Å². The van der Waals surface area contributed by atoms with Gasteiger partial charge in [-0.15, -0.1) is 0 Å². The van der Waals surface area contributed by atoms with Crippen LogP contribution in [0.4, 0.5) is 19.0 Å². The van der Waals surface area contributed by atoms with E-state index >= 15 is 0 Å². The van der Waals surface area contributed by atoms with Crippen molar-refractivity contribution in [2.24, 2.45) is 11.8 Å². The molecule has 0 radical (unpaired) electrons. The van der Waals surface area contributed by atoms with Gasteiger partial charge in [0.25, 0.3) is 0 Å². The molecule has 1 saturated carbocycles. The van der Waals surface area contributed by atoms with E-state index in [2.05, 4.69) is 15.4 Å². The summed E-state index contributed by atoms with van der Waals surface area (Å²) in [5, 5.41) is 6.86. The summed E-state index contributed by atoms with van der Waals surface area (Å²) in [6, 6.07) is 7.18. The number of amides is 1. The SMILES string of the molecule is O=C(Nc1ccn(Cc2ccccn2)n1)[C@H]1CCC[C@@H](C(F)(F)F)C1. The van der Waals surface area contributed by atoms with Crippen LogP contribution in [-0.4, -0.2) is 26.8 Å². The second-order valence-electron chi connectivity index (χ2n) is 6.31. The highest BCUT2D eigenvalue weighted by molar-refractivity contribution is 5.91. The molecule has 0 spiro atoms. The first-order valence-corrected chi connectivity index (χ1v) is 8.23. The van der Waals surface area contributed by atoms with Crippen LogP contribution >= 0.6 is 0 Å². The number of alkyl halides is 3. The summed E-state index contributed by atoms with van der Waals surface area (Å²) in [6.07, 6.45) is -0.00600. The molecule has 2 aromatic rings. The number of anilines is 1. The maximum Gasteiger partial charge on any atom is 0.391 e. The van der Waals surface area contributed by atoms with E-state index in [1.807, 2.05) is 18.2 Å². The Morgan fingerprint density at radius 2 is 2.12 bits per heavy atom. The predicted molar refractivity (Wildman–Crippen MR) is 85.7 cm³/mol. The lowest BCUT2D eigenvalue weighted by Crippen LogP contribution is -2.34. The molecule has 0 aliphatic heterocycles. The van der Waals surface area contributed by atoms with Crippen LogP contribution in [0.5, 0.6) is 0 Å². The molecule has 5 nitrogen and oxygen atoms in total. The Balaban J connectivity index is 1.58. The minimum Gasteiger partial charge on any atom is -0.309 e. The standard InChI is InChI=1S/C17H19F3N4O/c18-17(19,20)13-5-3-4-12(10-13)16(25)22-15-7-9-24(23-15)11-14-6-1-2-8-21-14/h1-2,6-9,12-13H,3-5,10-11H2,(H,22,23,25)/t12-,13+/m0/s1. The summed E-state index contributed by atoms with van der Waals surface area (Å²) in [4.78, 5) is 16.5. The second-order valence-corrected chi connectivity index (χ2v) is 6.31. The number of hydrogen-bond acceptors (Lipinski definition) is 3. The van der Waals surface area contributed by atoms with Crippen LogP contribution in [0.3, 0.4) is 0 Å². The Morgan fingerprint density at radius 3 is 2.84 bits per heavy atom. The number of nitrogens with zero attached hydrogens (tertiary/aromatic N) is 3. The Labute approximate surface area is 143 Å². The lowest BCUT2D eigenvalue weighted by molar-refractivity contribution is -0.185. The van der Waals surface area contributed by atoms with Gasteiger partial charge in [-0.25, -0.2) is 0 Å². The van der Waals surface area contributed by atoms with Gasteiger partial charge in [0.05, 0.1) is 18.2 Å². The third kappa shape index (κ3) is 4.58. The summed E-state index contributed by atoms with van der Waals surface area (Å²) in [5.41, 5.74) is 0.823. The van der Waals surface area contributed by atoms with Gasteiger partial charge in [-0.2, -0.15) is 18.3 Å². The number of aromatic nitrogens is 3. The zero-order valence-electron chi connectivity index (χ0n) is 13.5. The average molecular weight is 352 g/mol. The zero-order chi connectivity index (χ0) is 17.9. The maximum atomic E-state index is 12.9. The van der Waals surface area contributed by atoms with E-state index in [-0.39, 0.29) is 12.8 Å². The van der Waals surface area contributed by atoms with Gasteiger partial charge in [0.15, 0.2) is 5.82 Å². The van der Waals surface area contributed by atoms with Crippen LogP contribution in [0.25, 0.3) is 0 Å². The number of nitrogens with one attached hydrogen (secondary N) is 1. The molecule has 1 fully saturated rings. The minimum absolute atomic E-state index is 0.103. The molecule has 2 heterocycles. The quantitative estimate of drug-likeness (QED) is 0.914. The van der Waals surface area contributed by atoms with Crippen molar-refractivity contribution in [3.63, 3.8) is 0 Å². The Kier molecular flexibility index (Phi) is 5.06. The van der Waals surface area contributed by atoms with Crippen molar-refractivity contribution in [2.45, 2.75) is 38.4 Å². The normalized spacial score (nSPS) is 21.1. The molecule has 0 unspecified atom stereocenters. The van der Waals surface area contributed by atoms with E-state index in [4.69, 9.17) is 0 Å². The molecule has 1 N–H and O–H groups in total. The van der Waals surface area contributed by atoms with E-state index < -0.39 is 23.9 Å². The van der Waals surface area contributed by atoms with Crippen LogP contribution in [0.15, 0.2) is 36.7 Å². The number of carbonyl (C=O) groups is 1. The average Bonchev–Trinajstić information content (AvgIpc) is 3.02. The van der Waals surface area contributed by atoms with E-state index in [0.29, 0.717) is 25.2 Å². The van der Waals surface area contributed by atoms with Crippen molar-refractivity contribution in [3.8, 4) is 0 Å². The summed E-state index contributed by atoms with van der Waals surface area (Å²) in [6.45, 7) is 0.455. The number of halogens is 3. The molecule has 0 saturated heterocycles. The summed E-state index contributed by atoms with van der Waals surface area (Å²) in [5.74, 6) is -2.06. The number of rotatable bonds is 4. The van der Waals surface area contributed by atoms with E-state index in [0.717, 1.165) is 5.69 Å². The van der Waals surface area contributed by atoms with E-state index in [1.165, 1.54) is 0 Å². The van der Waals surface area contributed by atoms with E-state index in [1.54, 1.807) is 23.1 Å². The fourth-order valence-corrected chi connectivity index (χ4v) is 3.13. The van der Waals surface area contributed by atoms with Crippen molar-refractivity contribution >= 4 is 11.7 Å². The molecule has 0 bridgehead atoms. The van der Waals surface area contributed by atoms with Crippen molar-refractivity contribution in [2.75, 3.05) is 5.32 Å². The third-order valence-electron chi connectivity index (χ3n) is 4.45. The molecule has 1 amide bonds. The highest BCUT2D eigenvalue weighted by Gasteiger charge is 2.43. The van der Waals surface area contributed by atoms with Gasteiger partial charge in [-0.3, -0.25) is 14.5 Å². The maximum absolute atomic E-state index is 12.9. The molecule has 3 rings (SSSR count).